The smallest absolute Gasteiger partial charge is 0.138 e. The lowest BCUT2D eigenvalue weighted by Gasteiger charge is -2.03. The van der Waals surface area contributed by atoms with E-state index in [1.807, 2.05) is 30.3 Å². The zero-order valence-corrected chi connectivity index (χ0v) is 11.1. The first kappa shape index (κ1) is 12.2. The average Bonchev–Trinajstić information content (AvgIpc) is 2.32. The Bertz CT molecular complexity index is 592. The molecule has 0 heterocycles. The number of rotatable bonds is 2. The molecule has 1 nitrogen and oxygen atoms in total. The molecule has 0 aliphatic heterocycles. The molecule has 2 rings (SSSR count). The summed E-state index contributed by atoms with van der Waals surface area (Å²) in [7, 11) is 0. The predicted octanol–water partition coefficient (Wildman–Crippen LogP) is 4.61. The van der Waals surface area contributed by atoms with Crippen LogP contribution in [-0.2, 0) is 0 Å². The molecule has 84 valence electrons. The number of benzene rings is 2. The van der Waals surface area contributed by atoms with Gasteiger partial charge in [0.15, 0.2) is 0 Å². The molecule has 2 aromatic rings. The highest BCUT2D eigenvalue weighted by Crippen LogP contribution is 2.31. The molecule has 0 radical (unpaired) electrons. The van der Waals surface area contributed by atoms with Gasteiger partial charge in [-0.25, -0.2) is 4.39 Å². The number of hydrogen-bond donors (Lipinski definition) is 0. The summed E-state index contributed by atoms with van der Waals surface area (Å²) in [5.41, 5.74) is 0.334. The Morgan fingerprint density at radius 3 is 2.65 bits per heavy atom. The van der Waals surface area contributed by atoms with E-state index >= 15 is 0 Å². The maximum absolute atomic E-state index is 13.6. The van der Waals surface area contributed by atoms with Gasteiger partial charge in [-0.15, -0.1) is 0 Å². The minimum absolute atomic E-state index is 0.334. The van der Waals surface area contributed by atoms with Gasteiger partial charge >= 0.3 is 0 Å². The van der Waals surface area contributed by atoms with E-state index < -0.39 is 0 Å². The van der Waals surface area contributed by atoms with Gasteiger partial charge in [0, 0.05) is 14.3 Å². The SMILES string of the molecule is N#Cc1ccc(Sc2cccc(Br)c2)c(F)c1. The van der Waals surface area contributed by atoms with Crippen LogP contribution in [0, 0.1) is 17.1 Å². The Labute approximate surface area is 111 Å². The van der Waals surface area contributed by atoms with Crippen LogP contribution in [0.1, 0.15) is 5.56 Å². The predicted molar refractivity (Wildman–Crippen MR) is 69.4 cm³/mol. The monoisotopic (exact) mass is 307 g/mol. The van der Waals surface area contributed by atoms with Crippen molar-refractivity contribution in [3.05, 3.63) is 58.3 Å². The molecule has 0 aromatic heterocycles. The highest BCUT2D eigenvalue weighted by molar-refractivity contribution is 9.10. The molecular weight excluding hydrogens is 301 g/mol. The summed E-state index contributed by atoms with van der Waals surface area (Å²) < 4.78 is 14.6. The van der Waals surface area contributed by atoms with Gasteiger partial charge in [0.2, 0.25) is 0 Å². The molecule has 0 spiro atoms. The number of nitrogens with zero attached hydrogens (tertiary/aromatic N) is 1. The second kappa shape index (κ2) is 5.35. The number of halogens is 2. The summed E-state index contributed by atoms with van der Waals surface area (Å²) in [6.07, 6.45) is 0. The minimum Gasteiger partial charge on any atom is -0.206 e. The first-order valence-electron chi connectivity index (χ1n) is 4.82. The van der Waals surface area contributed by atoms with Crippen molar-refractivity contribution in [2.24, 2.45) is 0 Å². The molecule has 0 saturated carbocycles. The summed E-state index contributed by atoms with van der Waals surface area (Å²) in [6, 6.07) is 14.0. The third kappa shape index (κ3) is 3.09. The van der Waals surface area contributed by atoms with Gasteiger partial charge in [-0.3, -0.25) is 0 Å². The molecule has 0 aliphatic carbocycles. The maximum Gasteiger partial charge on any atom is 0.138 e. The first-order valence-corrected chi connectivity index (χ1v) is 6.43. The highest BCUT2D eigenvalue weighted by atomic mass is 79.9. The van der Waals surface area contributed by atoms with Gasteiger partial charge in [0.1, 0.15) is 5.82 Å². The topological polar surface area (TPSA) is 23.8 Å². The molecule has 0 saturated heterocycles. The number of nitriles is 1. The zero-order chi connectivity index (χ0) is 12.3. The Kier molecular flexibility index (Phi) is 3.82. The van der Waals surface area contributed by atoms with E-state index in [9.17, 15) is 4.39 Å². The van der Waals surface area contributed by atoms with E-state index in [1.165, 1.54) is 17.8 Å². The molecule has 0 aliphatic rings. The quantitative estimate of drug-likeness (QED) is 0.809. The molecule has 0 N–H and O–H groups in total. The van der Waals surface area contributed by atoms with E-state index in [2.05, 4.69) is 15.9 Å². The van der Waals surface area contributed by atoms with Crippen molar-refractivity contribution in [1.82, 2.24) is 0 Å². The van der Waals surface area contributed by atoms with Crippen LogP contribution in [0.5, 0.6) is 0 Å². The third-order valence-corrected chi connectivity index (χ3v) is 3.62. The fourth-order valence-corrected chi connectivity index (χ4v) is 2.74. The van der Waals surface area contributed by atoms with Crippen LogP contribution >= 0.6 is 27.7 Å². The van der Waals surface area contributed by atoms with Crippen molar-refractivity contribution in [2.75, 3.05) is 0 Å². The molecular formula is C13H7BrFNS. The first-order chi connectivity index (χ1) is 8.19. The van der Waals surface area contributed by atoms with E-state index in [1.54, 1.807) is 12.1 Å². The Morgan fingerprint density at radius 1 is 1.18 bits per heavy atom. The molecule has 0 bridgehead atoms. The number of hydrogen-bond acceptors (Lipinski definition) is 2. The average molecular weight is 308 g/mol. The van der Waals surface area contributed by atoms with Crippen LogP contribution in [0.2, 0.25) is 0 Å². The van der Waals surface area contributed by atoms with Crippen molar-refractivity contribution < 1.29 is 4.39 Å². The largest absolute Gasteiger partial charge is 0.206 e. The van der Waals surface area contributed by atoms with Crippen molar-refractivity contribution in [2.45, 2.75) is 9.79 Å². The summed E-state index contributed by atoms with van der Waals surface area (Å²) in [5, 5.41) is 8.65. The molecule has 0 amide bonds. The molecule has 4 heteroatoms. The van der Waals surface area contributed by atoms with Crippen molar-refractivity contribution in [3.63, 3.8) is 0 Å². The maximum atomic E-state index is 13.6. The highest BCUT2D eigenvalue weighted by Gasteiger charge is 2.05. The standard InChI is InChI=1S/C13H7BrFNS/c14-10-2-1-3-11(7-10)17-13-5-4-9(8-16)6-12(13)15/h1-7H. The summed E-state index contributed by atoms with van der Waals surface area (Å²) >= 11 is 4.70. The van der Waals surface area contributed by atoms with Crippen LogP contribution in [0.25, 0.3) is 0 Å². The van der Waals surface area contributed by atoms with Crippen molar-refractivity contribution >= 4 is 27.7 Å². The molecule has 17 heavy (non-hydrogen) atoms. The van der Waals surface area contributed by atoms with Crippen LogP contribution < -0.4 is 0 Å². The van der Waals surface area contributed by atoms with Gasteiger partial charge in [0.25, 0.3) is 0 Å². The van der Waals surface area contributed by atoms with Gasteiger partial charge in [-0.1, -0.05) is 33.8 Å². The summed E-state index contributed by atoms with van der Waals surface area (Å²) in [5.74, 6) is -0.367. The summed E-state index contributed by atoms with van der Waals surface area (Å²) in [6.45, 7) is 0. The summed E-state index contributed by atoms with van der Waals surface area (Å²) in [4.78, 5) is 1.46. The van der Waals surface area contributed by atoms with Crippen LogP contribution in [-0.4, -0.2) is 0 Å². The Hall–Kier alpha value is -1.31. The normalized spacial score (nSPS) is 9.94. The minimum atomic E-state index is -0.367. The third-order valence-electron chi connectivity index (χ3n) is 2.08. The second-order valence-electron chi connectivity index (χ2n) is 3.32. The van der Waals surface area contributed by atoms with Gasteiger partial charge in [0.05, 0.1) is 11.6 Å². The van der Waals surface area contributed by atoms with E-state index in [0.29, 0.717) is 10.5 Å². The lowest BCUT2D eigenvalue weighted by Crippen LogP contribution is -1.83. The van der Waals surface area contributed by atoms with Crippen LogP contribution in [0.3, 0.4) is 0 Å². The van der Waals surface area contributed by atoms with E-state index in [-0.39, 0.29) is 5.82 Å². The van der Waals surface area contributed by atoms with E-state index in [0.717, 1.165) is 9.37 Å². The molecule has 0 unspecified atom stereocenters. The van der Waals surface area contributed by atoms with Crippen LogP contribution in [0.4, 0.5) is 4.39 Å². The lowest BCUT2D eigenvalue weighted by atomic mass is 10.2. The van der Waals surface area contributed by atoms with Crippen molar-refractivity contribution in [1.29, 1.82) is 5.26 Å². The zero-order valence-electron chi connectivity index (χ0n) is 8.65. The lowest BCUT2D eigenvalue weighted by molar-refractivity contribution is 0.601. The van der Waals surface area contributed by atoms with Gasteiger partial charge < -0.3 is 0 Å². The van der Waals surface area contributed by atoms with Gasteiger partial charge in [-0.05, 0) is 36.4 Å². The fraction of sp³-hybridized carbons (Fsp3) is 0. The van der Waals surface area contributed by atoms with Crippen molar-refractivity contribution in [3.8, 4) is 6.07 Å². The molecule has 2 aromatic carbocycles. The van der Waals surface area contributed by atoms with Gasteiger partial charge in [-0.2, -0.15) is 5.26 Å². The molecule has 0 fully saturated rings. The Morgan fingerprint density at radius 2 is 2.00 bits per heavy atom. The molecule has 0 atom stereocenters. The fourth-order valence-electron chi connectivity index (χ4n) is 1.31. The second-order valence-corrected chi connectivity index (χ2v) is 5.35. The van der Waals surface area contributed by atoms with Crippen LogP contribution in [0.15, 0.2) is 56.7 Å². The van der Waals surface area contributed by atoms with E-state index in [4.69, 9.17) is 5.26 Å². The Balaban J connectivity index is 2.28.